The normalized spacial score (nSPS) is 21.8. The van der Waals surface area contributed by atoms with E-state index in [-0.39, 0.29) is 18.0 Å². The molecule has 0 aliphatic carbocycles. The van der Waals surface area contributed by atoms with Crippen LogP contribution in [0.15, 0.2) is 18.6 Å². The van der Waals surface area contributed by atoms with E-state index in [9.17, 15) is 4.79 Å². The van der Waals surface area contributed by atoms with Crippen LogP contribution in [0.2, 0.25) is 0 Å². The highest BCUT2D eigenvalue weighted by Crippen LogP contribution is 2.09. The van der Waals surface area contributed by atoms with Crippen LogP contribution in [0.4, 0.5) is 0 Å². The smallest absolute Gasteiger partial charge is 0.220 e. The van der Waals surface area contributed by atoms with Gasteiger partial charge in [-0.15, -0.1) is 0 Å². The SMILES string of the molecule is CC(NCC1CCC(=O)N1)c1cnccn1. The number of carbonyl (C=O) groups excluding carboxylic acids is 1. The summed E-state index contributed by atoms with van der Waals surface area (Å²) < 4.78 is 0. The molecular formula is C11H16N4O. The fourth-order valence-corrected chi connectivity index (χ4v) is 1.79. The van der Waals surface area contributed by atoms with Crippen LogP contribution < -0.4 is 10.6 Å². The average molecular weight is 220 g/mol. The van der Waals surface area contributed by atoms with E-state index in [2.05, 4.69) is 20.6 Å². The first-order chi connectivity index (χ1) is 7.75. The summed E-state index contributed by atoms with van der Waals surface area (Å²) in [6.07, 6.45) is 6.66. The second-order valence-electron chi connectivity index (χ2n) is 4.06. The Kier molecular flexibility index (Phi) is 3.46. The third-order valence-electron chi connectivity index (χ3n) is 2.78. The Labute approximate surface area is 94.7 Å². The Bertz CT molecular complexity index is 354. The molecule has 2 N–H and O–H groups in total. The highest BCUT2D eigenvalue weighted by molar-refractivity contribution is 5.78. The van der Waals surface area contributed by atoms with Crippen molar-refractivity contribution in [1.82, 2.24) is 20.6 Å². The molecule has 2 heterocycles. The number of hydrogen-bond donors (Lipinski definition) is 2. The van der Waals surface area contributed by atoms with Gasteiger partial charge in [0.1, 0.15) is 0 Å². The molecule has 1 aliphatic rings. The number of aromatic nitrogens is 2. The second kappa shape index (κ2) is 5.03. The number of amides is 1. The van der Waals surface area contributed by atoms with Crippen LogP contribution in [0.5, 0.6) is 0 Å². The van der Waals surface area contributed by atoms with E-state index < -0.39 is 0 Å². The first-order valence-electron chi connectivity index (χ1n) is 5.54. The van der Waals surface area contributed by atoms with E-state index in [1.54, 1.807) is 18.6 Å². The molecule has 5 heteroatoms. The Morgan fingerprint density at radius 2 is 2.50 bits per heavy atom. The van der Waals surface area contributed by atoms with Gasteiger partial charge >= 0.3 is 0 Å². The summed E-state index contributed by atoms with van der Waals surface area (Å²) in [5.41, 5.74) is 0.923. The molecule has 0 radical (unpaired) electrons. The van der Waals surface area contributed by atoms with Crippen LogP contribution in [-0.2, 0) is 4.79 Å². The summed E-state index contributed by atoms with van der Waals surface area (Å²) in [5, 5.41) is 6.27. The van der Waals surface area contributed by atoms with Gasteiger partial charge in [0.05, 0.1) is 5.69 Å². The molecule has 1 fully saturated rings. The molecule has 0 bridgehead atoms. The van der Waals surface area contributed by atoms with Crippen LogP contribution >= 0.6 is 0 Å². The lowest BCUT2D eigenvalue weighted by molar-refractivity contribution is -0.119. The summed E-state index contributed by atoms with van der Waals surface area (Å²) in [6, 6.07) is 0.415. The standard InChI is InChI=1S/C11H16N4O/c1-8(10-7-12-4-5-13-10)14-6-9-2-3-11(16)15-9/h4-5,7-9,14H,2-3,6H2,1H3,(H,15,16). The van der Waals surface area contributed by atoms with Crippen molar-refractivity contribution < 1.29 is 4.79 Å². The minimum Gasteiger partial charge on any atom is -0.352 e. The maximum atomic E-state index is 11.0. The molecule has 1 saturated heterocycles. The Morgan fingerprint density at radius 3 is 3.12 bits per heavy atom. The van der Waals surface area contributed by atoms with Crippen molar-refractivity contribution >= 4 is 5.91 Å². The van der Waals surface area contributed by atoms with Crippen LogP contribution in [0.25, 0.3) is 0 Å². The molecular weight excluding hydrogens is 204 g/mol. The zero-order valence-electron chi connectivity index (χ0n) is 9.31. The molecule has 5 nitrogen and oxygen atoms in total. The Balaban J connectivity index is 1.80. The van der Waals surface area contributed by atoms with Gasteiger partial charge in [0, 0.05) is 43.6 Å². The first kappa shape index (κ1) is 11.0. The van der Waals surface area contributed by atoms with Crippen molar-refractivity contribution in [2.75, 3.05) is 6.54 Å². The largest absolute Gasteiger partial charge is 0.352 e. The van der Waals surface area contributed by atoms with E-state index in [1.165, 1.54) is 0 Å². The third kappa shape index (κ3) is 2.76. The molecule has 0 spiro atoms. The van der Waals surface area contributed by atoms with Crippen LogP contribution in [-0.4, -0.2) is 28.5 Å². The number of rotatable bonds is 4. The number of carbonyl (C=O) groups is 1. The lowest BCUT2D eigenvalue weighted by Gasteiger charge is -2.16. The average Bonchev–Trinajstić information content (AvgIpc) is 2.73. The van der Waals surface area contributed by atoms with E-state index in [4.69, 9.17) is 0 Å². The van der Waals surface area contributed by atoms with E-state index in [0.717, 1.165) is 18.7 Å². The number of nitrogens with one attached hydrogen (secondary N) is 2. The topological polar surface area (TPSA) is 66.9 Å². The minimum atomic E-state index is 0.152. The van der Waals surface area contributed by atoms with Gasteiger partial charge in [-0.05, 0) is 13.3 Å². The molecule has 1 aliphatic heterocycles. The number of hydrogen-bond acceptors (Lipinski definition) is 4. The van der Waals surface area contributed by atoms with E-state index in [1.807, 2.05) is 6.92 Å². The molecule has 1 amide bonds. The van der Waals surface area contributed by atoms with Crippen molar-refractivity contribution in [3.8, 4) is 0 Å². The van der Waals surface area contributed by atoms with Crippen molar-refractivity contribution in [3.63, 3.8) is 0 Å². The van der Waals surface area contributed by atoms with Crippen molar-refractivity contribution in [3.05, 3.63) is 24.3 Å². The van der Waals surface area contributed by atoms with Gasteiger partial charge in [0.2, 0.25) is 5.91 Å². The zero-order chi connectivity index (χ0) is 11.4. The Hall–Kier alpha value is -1.49. The summed E-state index contributed by atoms with van der Waals surface area (Å²) in [6.45, 7) is 2.82. The lowest BCUT2D eigenvalue weighted by Crippen LogP contribution is -2.36. The predicted octanol–water partition coefficient (Wildman–Crippen LogP) is 0.406. The number of nitrogens with zero attached hydrogens (tertiary/aromatic N) is 2. The molecule has 1 aromatic heterocycles. The maximum Gasteiger partial charge on any atom is 0.220 e. The van der Waals surface area contributed by atoms with Gasteiger partial charge in [-0.25, -0.2) is 0 Å². The summed E-state index contributed by atoms with van der Waals surface area (Å²) in [4.78, 5) is 19.3. The highest BCUT2D eigenvalue weighted by Gasteiger charge is 2.20. The molecule has 2 atom stereocenters. The summed E-state index contributed by atoms with van der Waals surface area (Å²) in [7, 11) is 0. The van der Waals surface area contributed by atoms with Crippen molar-refractivity contribution in [1.29, 1.82) is 0 Å². The quantitative estimate of drug-likeness (QED) is 0.771. The van der Waals surface area contributed by atoms with Gasteiger partial charge < -0.3 is 10.6 Å². The van der Waals surface area contributed by atoms with Crippen LogP contribution in [0.1, 0.15) is 31.5 Å². The highest BCUT2D eigenvalue weighted by atomic mass is 16.1. The van der Waals surface area contributed by atoms with Gasteiger partial charge in [-0.2, -0.15) is 0 Å². The van der Waals surface area contributed by atoms with Gasteiger partial charge in [-0.3, -0.25) is 14.8 Å². The predicted molar refractivity (Wildman–Crippen MR) is 59.6 cm³/mol. The lowest BCUT2D eigenvalue weighted by atomic mass is 10.2. The van der Waals surface area contributed by atoms with E-state index in [0.29, 0.717) is 6.42 Å². The third-order valence-corrected chi connectivity index (χ3v) is 2.78. The van der Waals surface area contributed by atoms with Crippen LogP contribution in [0, 0.1) is 0 Å². The van der Waals surface area contributed by atoms with E-state index >= 15 is 0 Å². The molecule has 16 heavy (non-hydrogen) atoms. The molecule has 0 aromatic carbocycles. The summed E-state index contributed by atoms with van der Waals surface area (Å²) in [5.74, 6) is 0.152. The van der Waals surface area contributed by atoms with Crippen LogP contribution in [0.3, 0.4) is 0 Å². The molecule has 2 unspecified atom stereocenters. The molecule has 0 saturated carbocycles. The second-order valence-corrected chi connectivity index (χ2v) is 4.06. The summed E-state index contributed by atoms with van der Waals surface area (Å²) >= 11 is 0. The molecule has 86 valence electrons. The maximum absolute atomic E-state index is 11.0. The van der Waals surface area contributed by atoms with Gasteiger partial charge in [-0.1, -0.05) is 0 Å². The fraction of sp³-hybridized carbons (Fsp3) is 0.545. The fourth-order valence-electron chi connectivity index (χ4n) is 1.79. The monoisotopic (exact) mass is 220 g/mol. The van der Waals surface area contributed by atoms with Gasteiger partial charge in [0.15, 0.2) is 0 Å². The zero-order valence-corrected chi connectivity index (χ0v) is 9.31. The molecule has 2 rings (SSSR count). The minimum absolute atomic E-state index is 0.152. The first-order valence-corrected chi connectivity index (χ1v) is 5.54. The Morgan fingerprint density at radius 1 is 1.62 bits per heavy atom. The van der Waals surface area contributed by atoms with Crippen molar-refractivity contribution in [2.24, 2.45) is 0 Å². The molecule has 1 aromatic rings. The van der Waals surface area contributed by atoms with Crippen molar-refractivity contribution in [2.45, 2.75) is 31.8 Å². The van der Waals surface area contributed by atoms with Gasteiger partial charge in [0.25, 0.3) is 0 Å².